The number of nitrogens with zero attached hydrogens (tertiary/aromatic N) is 1. The summed E-state index contributed by atoms with van der Waals surface area (Å²) in [4.78, 5) is 4.44. The molecule has 0 spiro atoms. The molecule has 2 aliphatic rings. The SMILES string of the molecule is O=S1(=O)CCC(CNC(=NCc2ccccc2F)NC2CC2)C1. The van der Waals surface area contributed by atoms with Crippen molar-refractivity contribution in [3.8, 4) is 0 Å². The van der Waals surface area contributed by atoms with Crippen LogP contribution in [0.2, 0.25) is 0 Å². The van der Waals surface area contributed by atoms with Gasteiger partial charge in [-0.05, 0) is 31.2 Å². The molecule has 0 amide bonds. The molecule has 1 unspecified atom stereocenters. The molecule has 0 aromatic heterocycles. The van der Waals surface area contributed by atoms with E-state index in [1.807, 2.05) is 0 Å². The summed E-state index contributed by atoms with van der Waals surface area (Å²) < 4.78 is 36.7. The number of rotatable bonds is 5. The molecule has 5 nitrogen and oxygen atoms in total. The van der Waals surface area contributed by atoms with Crippen molar-refractivity contribution in [2.75, 3.05) is 18.1 Å². The summed E-state index contributed by atoms with van der Waals surface area (Å²) >= 11 is 0. The molecule has 126 valence electrons. The number of sulfone groups is 1. The van der Waals surface area contributed by atoms with E-state index in [2.05, 4.69) is 15.6 Å². The number of benzene rings is 1. The Labute approximate surface area is 136 Å². The third-order valence-electron chi connectivity index (χ3n) is 4.17. The van der Waals surface area contributed by atoms with Crippen LogP contribution in [0.5, 0.6) is 0 Å². The Kier molecular flexibility index (Phi) is 4.84. The average molecular weight is 339 g/mol. The smallest absolute Gasteiger partial charge is 0.191 e. The highest BCUT2D eigenvalue weighted by Crippen LogP contribution is 2.19. The molecular formula is C16H22FN3O2S. The first-order valence-corrected chi connectivity index (χ1v) is 9.83. The van der Waals surface area contributed by atoms with Crippen LogP contribution < -0.4 is 10.6 Å². The van der Waals surface area contributed by atoms with Gasteiger partial charge in [0, 0.05) is 18.2 Å². The molecule has 1 saturated heterocycles. The number of hydrogen-bond donors (Lipinski definition) is 2. The number of aliphatic imine (C=N–C) groups is 1. The Morgan fingerprint density at radius 2 is 2.04 bits per heavy atom. The van der Waals surface area contributed by atoms with Gasteiger partial charge in [0.2, 0.25) is 0 Å². The maximum absolute atomic E-state index is 13.7. The first kappa shape index (κ1) is 16.2. The summed E-state index contributed by atoms with van der Waals surface area (Å²) in [6, 6.07) is 7.02. The minimum atomic E-state index is -2.86. The molecule has 1 saturated carbocycles. The topological polar surface area (TPSA) is 70.6 Å². The fraction of sp³-hybridized carbons (Fsp3) is 0.562. The quantitative estimate of drug-likeness (QED) is 0.629. The Bertz CT molecular complexity index is 686. The standard InChI is InChI=1S/C16H22FN3O2S/c17-15-4-2-1-3-13(15)10-19-16(20-14-5-6-14)18-9-12-7-8-23(21,22)11-12/h1-4,12,14H,5-11H2,(H2,18,19,20). The minimum absolute atomic E-state index is 0.125. The molecule has 0 radical (unpaired) electrons. The Hall–Kier alpha value is -1.63. The third kappa shape index (κ3) is 4.92. The molecule has 1 atom stereocenters. The van der Waals surface area contributed by atoms with Crippen LogP contribution in [0, 0.1) is 11.7 Å². The summed E-state index contributed by atoms with van der Waals surface area (Å²) in [6.07, 6.45) is 2.91. The highest BCUT2D eigenvalue weighted by Gasteiger charge is 2.28. The summed E-state index contributed by atoms with van der Waals surface area (Å²) in [5, 5.41) is 6.50. The van der Waals surface area contributed by atoms with Crippen LogP contribution in [0.15, 0.2) is 29.3 Å². The second kappa shape index (κ2) is 6.86. The summed E-state index contributed by atoms with van der Waals surface area (Å²) in [5.74, 6) is 1.02. The van der Waals surface area contributed by atoms with Gasteiger partial charge in [-0.3, -0.25) is 0 Å². The van der Waals surface area contributed by atoms with Gasteiger partial charge in [0.1, 0.15) is 5.82 Å². The van der Waals surface area contributed by atoms with Crippen molar-refractivity contribution in [3.05, 3.63) is 35.6 Å². The van der Waals surface area contributed by atoms with Crippen molar-refractivity contribution in [1.29, 1.82) is 0 Å². The predicted molar refractivity (Wildman–Crippen MR) is 88.5 cm³/mol. The number of nitrogens with one attached hydrogen (secondary N) is 2. The molecule has 2 fully saturated rings. The highest BCUT2D eigenvalue weighted by molar-refractivity contribution is 7.91. The molecule has 7 heteroatoms. The normalized spacial score (nSPS) is 23.7. The molecule has 1 aliphatic heterocycles. The van der Waals surface area contributed by atoms with Crippen LogP contribution in [0.1, 0.15) is 24.8 Å². The largest absolute Gasteiger partial charge is 0.356 e. The molecule has 3 rings (SSSR count). The van der Waals surface area contributed by atoms with Crippen molar-refractivity contribution in [2.45, 2.75) is 31.8 Å². The lowest BCUT2D eigenvalue weighted by Gasteiger charge is -2.15. The Balaban J connectivity index is 1.58. The van der Waals surface area contributed by atoms with Crippen LogP contribution in [0.4, 0.5) is 4.39 Å². The number of guanidine groups is 1. The second-order valence-electron chi connectivity index (χ2n) is 6.32. The molecule has 0 bridgehead atoms. The number of halogens is 1. The molecule has 2 N–H and O–H groups in total. The lowest BCUT2D eigenvalue weighted by Crippen LogP contribution is -2.41. The lowest BCUT2D eigenvalue weighted by molar-refractivity contribution is 0.565. The van der Waals surface area contributed by atoms with Crippen molar-refractivity contribution in [2.24, 2.45) is 10.9 Å². The van der Waals surface area contributed by atoms with E-state index in [0.717, 1.165) is 12.8 Å². The van der Waals surface area contributed by atoms with Crippen LogP contribution >= 0.6 is 0 Å². The summed E-state index contributed by atoms with van der Waals surface area (Å²) in [7, 11) is -2.86. The van der Waals surface area contributed by atoms with E-state index in [4.69, 9.17) is 0 Å². The Morgan fingerprint density at radius 3 is 2.70 bits per heavy atom. The van der Waals surface area contributed by atoms with Crippen LogP contribution in [-0.4, -0.2) is 38.5 Å². The van der Waals surface area contributed by atoms with Crippen molar-refractivity contribution in [3.63, 3.8) is 0 Å². The van der Waals surface area contributed by atoms with E-state index in [1.165, 1.54) is 6.07 Å². The second-order valence-corrected chi connectivity index (χ2v) is 8.55. The van der Waals surface area contributed by atoms with Gasteiger partial charge in [-0.15, -0.1) is 0 Å². The van der Waals surface area contributed by atoms with E-state index in [9.17, 15) is 12.8 Å². The third-order valence-corrected chi connectivity index (χ3v) is 6.01. The van der Waals surface area contributed by atoms with E-state index in [1.54, 1.807) is 18.2 Å². The first-order chi connectivity index (χ1) is 11.0. The molecule has 1 aromatic carbocycles. The van der Waals surface area contributed by atoms with Crippen molar-refractivity contribution >= 4 is 15.8 Å². The van der Waals surface area contributed by atoms with Gasteiger partial charge in [-0.1, -0.05) is 18.2 Å². The van der Waals surface area contributed by atoms with Crippen molar-refractivity contribution in [1.82, 2.24) is 10.6 Å². The van der Waals surface area contributed by atoms with Gasteiger partial charge in [0.15, 0.2) is 15.8 Å². The van der Waals surface area contributed by atoms with Crippen LogP contribution in [0.25, 0.3) is 0 Å². The fourth-order valence-corrected chi connectivity index (χ4v) is 4.50. The van der Waals surface area contributed by atoms with Crippen LogP contribution in [-0.2, 0) is 16.4 Å². The predicted octanol–water partition coefficient (Wildman–Crippen LogP) is 1.46. The lowest BCUT2D eigenvalue weighted by atomic mass is 10.1. The monoisotopic (exact) mass is 339 g/mol. The van der Waals surface area contributed by atoms with Gasteiger partial charge in [-0.2, -0.15) is 0 Å². The minimum Gasteiger partial charge on any atom is -0.356 e. The molecule has 1 aliphatic carbocycles. The Morgan fingerprint density at radius 1 is 1.26 bits per heavy atom. The van der Waals surface area contributed by atoms with E-state index >= 15 is 0 Å². The average Bonchev–Trinajstić information content (AvgIpc) is 3.26. The molecule has 23 heavy (non-hydrogen) atoms. The maximum atomic E-state index is 13.7. The number of hydrogen-bond acceptors (Lipinski definition) is 3. The van der Waals surface area contributed by atoms with E-state index in [0.29, 0.717) is 30.5 Å². The van der Waals surface area contributed by atoms with Gasteiger partial charge < -0.3 is 10.6 Å². The van der Waals surface area contributed by atoms with Gasteiger partial charge in [-0.25, -0.2) is 17.8 Å². The summed E-state index contributed by atoms with van der Waals surface area (Å²) in [6.45, 7) is 0.840. The van der Waals surface area contributed by atoms with Crippen molar-refractivity contribution < 1.29 is 12.8 Å². The zero-order chi connectivity index (χ0) is 16.3. The zero-order valence-electron chi connectivity index (χ0n) is 13.0. The molecule has 1 aromatic rings. The van der Waals surface area contributed by atoms with Gasteiger partial charge in [0.05, 0.1) is 18.1 Å². The maximum Gasteiger partial charge on any atom is 0.191 e. The molecular weight excluding hydrogens is 317 g/mol. The van der Waals surface area contributed by atoms with E-state index < -0.39 is 9.84 Å². The van der Waals surface area contributed by atoms with Gasteiger partial charge >= 0.3 is 0 Å². The summed E-state index contributed by atoms with van der Waals surface area (Å²) in [5.41, 5.74) is 0.549. The fourth-order valence-electron chi connectivity index (χ4n) is 2.64. The first-order valence-electron chi connectivity index (χ1n) is 8.00. The van der Waals surface area contributed by atoms with Crippen LogP contribution in [0.3, 0.4) is 0 Å². The van der Waals surface area contributed by atoms with Gasteiger partial charge in [0.25, 0.3) is 0 Å². The molecule has 1 heterocycles. The zero-order valence-corrected chi connectivity index (χ0v) is 13.8. The highest BCUT2D eigenvalue weighted by atomic mass is 32.2. The van der Waals surface area contributed by atoms with E-state index in [-0.39, 0.29) is 29.8 Å².